The zero-order valence-electron chi connectivity index (χ0n) is 13.6. The maximum atomic E-state index is 12.5. The van der Waals surface area contributed by atoms with E-state index in [0.29, 0.717) is 12.5 Å². The van der Waals surface area contributed by atoms with Gasteiger partial charge >= 0.3 is 0 Å². The molecule has 0 aliphatic carbocycles. The van der Waals surface area contributed by atoms with Crippen LogP contribution in [0.25, 0.3) is 0 Å². The molecule has 1 amide bonds. The monoisotopic (exact) mass is 322 g/mol. The second-order valence-corrected chi connectivity index (χ2v) is 6.63. The lowest BCUT2D eigenvalue weighted by Gasteiger charge is -2.33. The SMILES string of the molecule is C=CCCO[C@H](C)C(=O)N1CCC[C@@H](c2nc(CC)cs2)C1. The van der Waals surface area contributed by atoms with Crippen LogP contribution in [0, 0.1) is 0 Å². The van der Waals surface area contributed by atoms with Crippen LogP contribution in [0.1, 0.15) is 49.7 Å². The topological polar surface area (TPSA) is 42.4 Å². The van der Waals surface area contributed by atoms with Gasteiger partial charge in [0.05, 0.1) is 17.3 Å². The highest BCUT2D eigenvalue weighted by atomic mass is 32.1. The van der Waals surface area contributed by atoms with Gasteiger partial charge in [0, 0.05) is 24.4 Å². The maximum absolute atomic E-state index is 12.5. The minimum atomic E-state index is -0.374. The number of carbonyl (C=O) groups is 1. The van der Waals surface area contributed by atoms with Gasteiger partial charge in [0.25, 0.3) is 5.91 Å². The Hall–Kier alpha value is -1.20. The number of hydrogen-bond acceptors (Lipinski definition) is 4. The van der Waals surface area contributed by atoms with Gasteiger partial charge in [-0.15, -0.1) is 17.9 Å². The highest BCUT2D eigenvalue weighted by Crippen LogP contribution is 2.29. The van der Waals surface area contributed by atoms with Crippen molar-refractivity contribution in [2.45, 2.75) is 51.6 Å². The molecule has 0 unspecified atom stereocenters. The quantitative estimate of drug-likeness (QED) is 0.571. The van der Waals surface area contributed by atoms with E-state index >= 15 is 0 Å². The molecule has 5 heteroatoms. The van der Waals surface area contributed by atoms with Gasteiger partial charge in [-0.2, -0.15) is 0 Å². The van der Waals surface area contributed by atoms with E-state index in [2.05, 4.69) is 23.9 Å². The Kier molecular flexibility index (Phi) is 6.58. The second-order valence-electron chi connectivity index (χ2n) is 5.74. The molecule has 1 saturated heterocycles. The Labute approximate surface area is 137 Å². The van der Waals surface area contributed by atoms with E-state index in [-0.39, 0.29) is 12.0 Å². The average Bonchev–Trinajstić information content (AvgIpc) is 3.03. The Balaban J connectivity index is 1.91. The molecule has 1 aromatic rings. The number of hydrogen-bond donors (Lipinski definition) is 0. The second kappa shape index (κ2) is 8.44. The molecule has 0 saturated carbocycles. The van der Waals surface area contributed by atoms with Crippen LogP contribution in [0.3, 0.4) is 0 Å². The summed E-state index contributed by atoms with van der Waals surface area (Å²) in [6, 6.07) is 0. The summed E-state index contributed by atoms with van der Waals surface area (Å²) in [4.78, 5) is 19.1. The van der Waals surface area contributed by atoms with Crippen molar-refractivity contribution in [1.82, 2.24) is 9.88 Å². The van der Waals surface area contributed by atoms with Crippen molar-refractivity contribution in [1.29, 1.82) is 0 Å². The number of aromatic nitrogens is 1. The normalized spacial score (nSPS) is 19.9. The lowest BCUT2D eigenvalue weighted by atomic mass is 9.98. The molecule has 122 valence electrons. The third-order valence-corrected chi connectivity index (χ3v) is 5.11. The predicted octanol–water partition coefficient (Wildman–Crippen LogP) is 3.39. The third kappa shape index (κ3) is 4.40. The molecule has 1 aliphatic rings. The molecule has 0 N–H and O–H groups in total. The van der Waals surface area contributed by atoms with Crippen molar-refractivity contribution in [3.8, 4) is 0 Å². The van der Waals surface area contributed by atoms with E-state index in [0.717, 1.165) is 44.5 Å². The van der Waals surface area contributed by atoms with Crippen LogP contribution in [0.4, 0.5) is 0 Å². The molecule has 1 aliphatic heterocycles. The molecule has 0 radical (unpaired) electrons. The summed E-state index contributed by atoms with van der Waals surface area (Å²) in [5.41, 5.74) is 1.16. The highest BCUT2D eigenvalue weighted by Gasteiger charge is 2.29. The van der Waals surface area contributed by atoms with Gasteiger partial charge in [0.1, 0.15) is 6.10 Å². The van der Waals surface area contributed by atoms with Crippen molar-refractivity contribution >= 4 is 17.2 Å². The van der Waals surface area contributed by atoms with Gasteiger partial charge in [-0.3, -0.25) is 4.79 Å². The Morgan fingerprint density at radius 2 is 2.50 bits per heavy atom. The number of amides is 1. The average molecular weight is 322 g/mol. The molecule has 0 spiro atoms. The molecule has 1 aromatic heterocycles. The number of carbonyl (C=O) groups excluding carboxylic acids is 1. The predicted molar refractivity (Wildman–Crippen MR) is 90.3 cm³/mol. The van der Waals surface area contributed by atoms with Crippen molar-refractivity contribution < 1.29 is 9.53 Å². The van der Waals surface area contributed by atoms with Crippen molar-refractivity contribution in [3.05, 3.63) is 28.7 Å². The number of nitrogens with zero attached hydrogens (tertiary/aromatic N) is 2. The zero-order valence-corrected chi connectivity index (χ0v) is 14.4. The largest absolute Gasteiger partial charge is 0.368 e. The van der Waals surface area contributed by atoms with Gasteiger partial charge in [-0.25, -0.2) is 4.98 Å². The maximum Gasteiger partial charge on any atom is 0.251 e. The van der Waals surface area contributed by atoms with E-state index in [4.69, 9.17) is 4.74 Å². The minimum absolute atomic E-state index is 0.0982. The van der Waals surface area contributed by atoms with Gasteiger partial charge in [-0.1, -0.05) is 13.0 Å². The van der Waals surface area contributed by atoms with Crippen LogP contribution >= 0.6 is 11.3 Å². The van der Waals surface area contributed by atoms with E-state index in [1.54, 1.807) is 11.3 Å². The van der Waals surface area contributed by atoms with Gasteiger partial charge in [0.15, 0.2) is 0 Å². The molecule has 2 heterocycles. The van der Waals surface area contributed by atoms with Gasteiger partial charge < -0.3 is 9.64 Å². The van der Waals surface area contributed by atoms with Crippen LogP contribution < -0.4 is 0 Å². The minimum Gasteiger partial charge on any atom is -0.368 e. The molecule has 2 rings (SSSR count). The molecule has 22 heavy (non-hydrogen) atoms. The van der Waals surface area contributed by atoms with E-state index in [1.165, 1.54) is 5.01 Å². The highest BCUT2D eigenvalue weighted by molar-refractivity contribution is 7.09. The summed E-state index contributed by atoms with van der Waals surface area (Å²) < 4.78 is 5.58. The first-order chi connectivity index (χ1) is 10.7. The molecular formula is C17H26N2O2S. The summed E-state index contributed by atoms with van der Waals surface area (Å²) in [5, 5.41) is 3.31. The summed E-state index contributed by atoms with van der Waals surface area (Å²) in [5.74, 6) is 0.476. The lowest BCUT2D eigenvalue weighted by Crippen LogP contribution is -2.44. The van der Waals surface area contributed by atoms with Gasteiger partial charge in [0.2, 0.25) is 0 Å². The number of likely N-dealkylation sites (tertiary alicyclic amines) is 1. The van der Waals surface area contributed by atoms with E-state index in [1.807, 2.05) is 17.9 Å². The molecule has 1 fully saturated rings. The molecule has 0 bridgehead atoms. The third-order valence-electron chi connectivity index (χ3n) is 4.05. The van der Waals surface area contributed by atoms with Crippen molar-refractivity contribution in [2.75, 3.05) is 19.7 Å². The fourth-order valence-corrected chi connectivity index (χ4v) is 3.74. The number of thiazole rings is 1. The number of aryl methyl sites for hydroxylation is 1. The van der Waals surface area contributed by atoms with E-state index < -0.39 is 0 Å². The fraction of sp³-hybridized carbons (Fsp3) is 0.647. The first-order valence-corrected chi connectivity index (χ1v) is 8.99. The van der Waals surface area contributed by atoms with Crippen LogP contribution in [0.2, 0.25) is 0 Å². The van der Waals surface area contributed by atoms with Crippen LogP contribution in [-0.2, 0) is 16.0 Å². The van der Waals surface area contributed by atoms with Crippen molar-refractivity contribution in [2.24, 2.45) is 0 Å². The molecule has 2 atom stereocenters. The fourth-order valence-electron chi connectivity index (χ4n) is 2.71. The summed E-state index contributed by atoms with van der Waals surface area (Å²) in [7, 11) is 0. The number of ether oxygens (including phenoxy) is 1. The first kappa shape index (κ1) is 17.2. The molecule has 0 aromatic carbocycles. The Morgan fingerprint density at radius 1 is 1.68 bits per heavy atom. The summed E-state index contributed by atoms with van der Waals surface area (Å²) in [6.45, 7) is 9.78. The number of piperidine rings is 1. The summed E-state index contributed by atoms with van der Waals surface area (Å²) in [6.07, 6.45) is 5.34. The summed E-state index contributed by atoms with van der Waals surface area (Å²) >= 11 is 1.73. The van der Waals surface area contributed by atoms with Crippen molar-refractivity contribution in [3.63, 3.8) is 0 Å². The zero-order chi connectivity index (χ0) is 15.9. The van der Waals surface area contributed by atoms with Crippen LogP contribution in [0.15, 0.2) is 18.0 Å². The standard InChI is InChI=1S/C17H26N2O2S/c1-4-6-10-21-13(3)17(20)19-9-7-8-14(11-19)16-18-15(5-2)12-22-16/h4,12-14H,1,5-11H2,2-3H3/t13-,14-/m1/s1. The molecule has 4 nitrogen and oxygen atoms in total. The Morgan fingerprint density at radius 3 is 3.18 bits per heavy atom. The lowest BCUT2D eigenvalue weighted by molar-refractivity contribution is -0.143. The molecular weight excluding hydrogens is 296 g/mol. The van der Waals surface area contributed by atoms with Gasteiger partial charge in [-0.05, 0) is 32.6 Å². The van der Waals surface area contributed by atoms with E-state index in [9.17, 15) is 4.79 Å². The smallest absolute Gasteiger partial charge is 0.251 e. The van der Waals surface area contributed by atoms with Crippen LogP contribution in [-0.4, -0.2) is 41.6 Å². The first-order valence-electron chi connectivity index (χ1n) is 8.11. The Bertz CT molecular complexity index is 501. The van der Waals surface area contributed by atoms with Crippen LogP contribution in [0.5, 0.6) is 0 Å². The number of rotatable bonds is 7.